The number of morpholine rings is 1. The van der Waals surface area contributed by atoms with E-state index >= 15 is 0 Å². The summed E-state index contributed by atoms with van der Waals surface area (Å²) in [4.78, 5) is 6.84. The minimum absolute atomic E-state index is 0.132. The lowest BCUT2D eigenvalue weighted by Crippen LogP contribution is -2.42. The molecule has 0 aliphatic carbocycles. The van der Waals surface area contributed by atoms with Crippen LogP contribution in [0.4, 0.5) is 0 Å². The highest BCUT2D eigenvalue weighted by Gasteiger charge is 2.27. The Kier molecular flexibility index (Phi) is 4.90. The van der Waals surface area contributed by atoms with E-state index in [0.717, 1.165) is 25.3 Å². The molecule has 120 valence electrons. The van der Waals surface area contributed by atoms with Crippen LogP contribution in [0, 0.1) is 5.92 Å². The smallest absolute Gasteiger partial charge is 0.240 e. The maximum Gasteiger partial charge on any atom is 0.240 e. The van der Waals surface area contributed by atoms with E-state index in [1.165, 1.54) is 5.56 Å². The average molecular weight is 321 g/mol. The van der Waals surface area contributed by atoms with Crippen LogP contribution in [0.3, 0.4) is 0 Å². The van der Waals surface area contributed by atoms with E-state index < -0.39 is 0 Å². The van der Waals surface area contributed by atoms with Crippen molar-refractivity contribution in [2.24, 2.45) is 5.92 Å². The molecule has 0 bridgehead atoms. The minimum Gasteiger partial charge on any atom is -0.368 e. The molecular formula is C16H23N3O2S. The second-order valence-electron chi connectivity index (χ2n) is 6.39. The fourth-order valence-electron chi connectivity index (χ4n) is 2.80. The van der Waals surface area contributed by atoms with Crippen molar-refractivity contribution in [1.29, 1.82) is 0 Å². The van der Waals surface area contributed by atoms with Gasteiger partial charge in [-0.05, 0) is 35.2 Å². The maximum absolute atomic E-state index is 6.05. The lowest BCUT2D eigenvalue weighted by Gasteiger charge is -2.35. The highest BCUT2D eigenvalue weighted by atomic mass is 32.1. The number of rotatable bonds is 5. The molecule has 0 radical (unpaired) electrons. The summed E-state index contributed by atoms with van der Waals surface area (Å²) in [6.07, 6.45) is 1.20. The fraction of sp³-hybridized carbons (Fsp3) is 0.625. The van der Waals surface area contributed by atoms with Crippen molar-refractivity contribution >= 4 is 11.3 Å². The van der Waals surface area contributed by atoms with E-state index in [4.69, 9.17) is 9.26 Å². The van der Waals surface area contributed by atoms with Gasteiger partial charge >= 0.3 is 0 Å². The van der Waals surface area contributed by atoms with Crippen LogP contribution in [0.25, 0.3) is 0 Å². The van der Waals surface area contributed by atoms with Crippen LogP contribution in [0.2, 0.25) is 0 Å². The molecule has 0 aromatic carbocycles. The van der Waals surface area contributed by atoms with Gasteiger partial charge in [-0.15, -0.1) is 0 Å². The number of ether oxygens (including phenoxy) is 1. The van der Waals surface area contributed by atoms with Crippen LogP contribution in [-0.4, -0.2) is 34.2 Å². The largest absolute Gasteiger partial charge is 0.368 e. The van der Waals surface area contributed by atoms with Crippen molar-refractivity contribution in [3.05, 3.63) is 34.1 Å². The number of thiophene rings is 1. The number of hydrogen-bond acceptors (Lipinski definition) is 6. The standard InChI is InChI=1S/C16H23N3O2S/c1-11(2)6-15-17-16(21-18-15)9-19-7-12(3)20-14(8-19)13-4-5-22-10-13/h4-5,10-12,14H,6-9H2,1-3H3/t12-,14+/m0/s1. The van der Waals surface area contributed by atoms with Crippen LogP contribution in [0.1, 0.15) is 44.2 Å². The molecule has 5 nitrogen and oxygen atoms in total. The third kappa shape index (κ3) is 3.94. The molecule has 3 heterocycles. The molecule has 6 heteroatoms. The lowest BCUT2D eigenvalue weighted by atomic mass is 10.1. The Balaban J connectivity index is 1.63. The zero-order chi connectivity index (χ0) is 15.5. The van der Waals surface area contributed by atoms with Crippen molar-refractivity contribution < 1.29 is 9.26 Å². The first-order valence-corrected chi connectivity index (χ1v) is 8.76. The minimum atomic E-state index is 0.132. The molecule has 0 spiro atoms. The normalized spacial score (nSPS) is 23.3. The maximum atomic E-state index is 6.05. The van der Waals surface area contributed by atoms with E-state index in [-0.39, 0.29) is 12.2 Å². The van der Waals surface area contributed by atoms with Gasteiger partial charge in [-0.1, -0.05) is 19.0 Å². The number of hydrogen-bond donors (Lipinski definition) is 0. The Morgan fingerprint density at radius 3 is 3.00 bits per heavy atom. The molecule has 22 heavy (non-hydrogen) atoms. The summed E-state index contributed by atoms with van der Waals surface area (Å²) >= 11 is 1.71. The Morgan fingerprint density at radius 2 is 2.27 bits per heavy atom. The Hall–Kier alpha value is -1.24. The van der Waals surface area contributed by atoms with Crippen molar-refractivity contribution in [3.63, 3.8) is 0 Å². The van der Waals surface area contributed by atoms with E-state index in [1.807, 2.05) is 0 Å². The molecule has 1 aliphatic rings. The summed E-state index contributed by atoms with van der Waals surface area (Å²) in [6, 6.07) is 2.14. The van der Waals surface area contributed by atoms with Gasteiger partial charge in [0.1, 0.15) is 0 Å². The lowest BCUT2D eigenvalue weighted by molar-refractivity contribution is -0.0831. The number of nitrogens with zero attached hydrogens (tertiary/aromatic N) is 3. The number of aromatic nitrogens is 2. The van der Waals surface area contributed by atoms with Crippen LogP contribution < -0.4 is 0 Å². The van der Waals surface area contributed by atoms with Gasteiger partial charge in [-0.3, -0.25) is 4.90 Å². The molecule has 0 amide bonds. The van der Waals surface area contributed by atoms with Crippen molar-refractivity contribution in [2.45, 2.75) is 45.9 Å². The van der Waals surface area contributed by atoms with Gasteiger partial charge in [0.25, 0.3) is 0 Å². The Labute approximate surface area is 135 Å². The molecule has 3 rings (SSSR count). The van der Waals surface area contributed by atoms with E-state index in [1.54, 1.807) is 11.3 Å². The molecule has 1 fully saturated rings. The summed E-state index contributed by atoms with van der Waals surface area (Å²) in [5.41, 5.74) is 1.26. The SMILES string of the molecule is CC(C)Cc1noc(CN2C[C@H](C)O[C@@H](c3ccsc3)C2)n1. The third-order valence-corrected chi connectivity index (χ3v) is 4.41. The van der Waals surface area contributed by atoms with Crippen LogP contribution >= 0.6 is 11.3 Å². The van der Waals surface area contributed by atoms with E-state index in [0.29, 0.717) is 18.4 Å². The summed E-state index contributed by atoms with van der Waals surface area (Å²) in [5, 5.41) is 8.32. The molecule has 2 aromatic heterocycles. The van der Waals surface area contributed by atoms with Crippen LogP contribution in [0.15, 0.2) is 21.3 Å². The van der Waals surface area contributed by atoms with E-state index in [9.17, 15) is 0 Å². The quantitative estimate of drug-likeness (QED) is 0.846. The predicted octanol–water partition coefficient (Wildman–Crippen LogP) is 3.29. The third-order valence-electron chi connectivity index (χ3n) is 3.71. The molecule has 2 aromatic rings. The van der Waals surface area contributed by atoms with Gasteiger partial charge in [-0.25, -0.2) is 0 Å². The van der Waals surface area contributed by atoms with Crippen LogP contribution in [0.5, 0.6) is 0 Å². The van der Waals surface area contributed by atoms with Crippen LogP contribution in [-0.2, 0) is 17.7 Å². The summed E-state index contributed by atoms with van der Waals surface area (Å²) in [6.45, 7) is 8.88. The summed E-state index contributed by atoms with van der Waals surface area (Å²) in [5.74, 6) is 2.05. The topological polar surface area (TPSA) is 51.4 Å². The molecule has 0 N–H and O–H groups in total. The van der Waals surface area contributed by atoms with Gasteiger partial charge in [0.2, 0.25) is 5.89 Å². The fourth-order valence-corrected chi connectivity index (χ4v) is 3.51. The molecule has 2 atom stereocenters. The Bertz CT molecular complexity index is 582. The van der Waals surface area contributed by atoms with Crippen molar-refractivity contribution in [3.8, 4) is 0 Å². The second kappa shape index (κ2) is 6.89. The monoisotopic (exact) mass is 321 g/mol. The van der Waals surface area contributed by atoms with E-state index in [2.05, 4.69) is 52.6 Å². The highest BCUT2D eigenvalue weighted by Crippen LogP contribution is 2.27. The first kappa shape index (κ1) is 15.6. The summed E-state index contributed by atoms with van der Waals surface area (Å²) in [7, 11) is 0. The zero-order valence-corrected chi connectivity index (χ0v) is 14.2. The second-order valence-corrected chi connectivity index (χ2v) is 7.17. The zero-order valence-electron chi connectivity index (χ0n) is 13.4. The summed E-state index contributed by atoms with van der Waals surface area (Å²) < 4.78 is 11.4. The van der Waals surface area contributed by atoms with Gasteiger partial charge in [0.15, 0.2) is 5.82 Å². The van der Waals surface area contributed by atoms with Gasteiger partial charge in [-0.2, -0.15) is 16.3 Å². The average Bonchev–Trinajstić information content (AvgIpc) is 3.09. The first-order chi connectivity index (χ1) is 10.6. The van der Waals surface area contributed by atoms with Crippen molar-refractivity contribution in [2.75, 3.05) is 13.1 Å². The first-order valence-electron chi connectivity index (χ1n) is 7.81. The van der Waals surface area contributed by atoms with Crippen molar-refractivity contribution in [1.82, 2.24) is 15.0 Å². The predicted molar refractivity (Wildman–Crippen MR) is 85.7 cm³/mol. The van der Waals surface area contributed by atoms with Gasteiger partial charge in [0.05, 0.1) is 18.8 Å². The molecule has 0 saturated carbocycles. The molecule has 1 saturated heterocycles. The Morgan fingerprint density at radius 1 is 1.41 bits per heavy atom. The van der Waals surface area contributed by atoms with Gasteiger partial charge < -0.3 is 9.26 Å². The van der Waals surface area contributed by atoms with Gasteiger partial charge in [0, 0.05) is 19.5 Å². The molecule has 1 aliphatic heterocycles. The molecule has 0 unspecified atom stereocenters. The molecular weight excluding hydrogens is 298 g/mol. The highest BCUT2D eigenvalue weighted by molar-refractivity contribution is 7.07.